The van der Waals surface area contributed by atoms with Crippen LogP contribution in [0.5, 0.6) is 0 Å². The highest BCUT2D eigenvalue weighted by atomic mass is 32.2. The average molecular weight is 186 g/mol. The van der Waals surface area contributed by atoms with Crippen LogP contribution in [0.1, 0.15) is 19.8 Å². The van der Waals surface area contributed by atoms with Crippen molar-refractivity contribution in [2.24, 2.45) is 4.99 Å². The molecule has 12 heavy (non-hydrogen) atoms. The molecule has 1 aliphatic rings. The normalized spacial score (nSPS) is 21.2. The topological polar surface area (TPSA) is 41.5 Å². The minimum atomic E-state index is -0.0399. The molecule has 1 aliphatic heterocycles. The maximum Gasteiger partial charge on any atom is 0.238 e. The Labute approximate surface area is 77.0 Å². The van der Waals surface area contributed by atoms with E-state index < -0.39 is 0 Å². The van der Waals surface area contributed by atoms with Gasteiger partial charge >= 0.3 is 0 Å². The smallest absolute Gasteiger partial charge is 0.238 e. The first-order chi connectivity index (χ1) is 5.84. The zero-order valence-electron chi connectivity index (χ0n) is 7.25. The van der Waals surface area contributed by atoms with Crippen molar-refractivity contribution >= 4 is 23.9 Å². The standard InChI is InChI=1S/C8H14N2OS/c1-2-3-4-10-8(11)7-5-9-6-12-7/h5,7H,2-4,6H2,1H3,(H,10,11). The molecule has 1 rings (SSSR count). The molecule has 0 saturated heterocycles. The Morgan fingerprint density at radius 2 is 2.67 bits per heavy atom. The number of carbonyl (C=O) groups is 1. The summed E-state index contributed by atoms with van der Waals surface area (Å²) in [6.45, 7) is 2.90. The summed E-state index contributed by atoms with van der Waals surface area (Å²) in [6, 6.07) is 0. The van der Waals surface area contributed by atoms with E-state index in [1.165, 1.54) is 0 Å². The van der Waals surface area contributed by atoms with Gasteiger partial charge in [0.2, 0.25) is 5.91 Å². The van der Waals surface area contributed by atoms with E-state index in [1.54, 1.807) is 18.0 Å². The lowest BCUT2D eigenvalue weighted by molar-refractivity contribution is -0.119. The highest BCUT2D eigenvalue weighted by Gasteiger charge is 2.18. The lowest BCUT2D eigenvalue weighted by atomic mass is 10.3. The third-order valence-corrected chi connectivity index (χ3v) is 2.65. The largest absolute Gasteiger partial charge is 0.355 e. The number of hydrogen-bond donors (Lipinski definition) is 1. The molecule has 1 atom stereocenters. The molecule has 68 valence electrons. The van der Waals surface area contributed by atoms with E-state index in [0.29, 0.717) is 0 Å². The van der Waals surface area contributed by atoms with Crippen LogP contribution in [0.25, 0.3) is 0 Å². The van der Waals surface area contributed by atoms with Crippen LogP contribution in [0.2, 0.25) is 0 Å². The second-order valence-electron chi connectivity index (χ2n) is 2.69. The van der Waals surface area contributed by atoms with Crippen molar-refractivity contribution in [3.8, 4) is 0 Å². The minimum absolute atomic E-state index is 0.0399. The highest BCUT2D eigenvalue weighted by molar-refractivity contribution is 8.01. The van der Waals surface area contributed by atoms with Gasteiger partial charge in [-0.05, 0) is 6.42 Å². The number of amides is 1. The van der Waals surface area contributed by atoms with Crippen LogP contribution in [-0.2, 0) is 4.79 Å². The van der Waals surface area contributed by atoms with Crippen molar-refractivity contribution in [1.82, 2.24) is 5.32 Å². The van der Waals surface area contributed by atoms with Gasteiger partial charge in [-0.1, -0.05) is 13.3 Å². The second-order valence-corrected chi connectivity index (χ2v) is 3.79. The summed E-state index contributed by atoms with van der Waals surface area (Å²) in [5.74, 6) is 0.834. The third kappa shape index (κ3) is 2.85. The van der Waals surface area contributed by atoms with Gasteiger partial charge in [0.15, 0.2) is 0 Å². The first-order valence-corrected chi connectivity index (χ1v) is 5.28. The Morgan fingerprint density at radius 1 is 1.83 bits per heavy atom. The van der Waals surface area contributed by atoms with Gasteiger partial charge in [0.05, 0.1) is 5.88 Å². The molecule has 3 nitrogen and oxygen atoms in total. The first kappa shape index (κ1) is 9.58. The van der Waals surface area contributed by atoms with Crippen molar-refractivity contribution in [2.45, 2.75) is 25.0 Å². The summed E-state index contributed by atoms with van der Waals surface area (Å²) in [7, 11) is 0. The van der Waals surface area contributed by atoms with Crippen LogP contribution in [0.3, 0.4) is 0 Å². The lowest BCUT2D eigenvalue weighted by Crippen LogP contribution is -2.33. The maximum atomic E-state index is 11.3. The Balaban J connectivity index is 2.14. The van der Waals surface area contributed by atoms with E-state index in [1.807, 2.05) is 0 Å². The molecular formula is C8H14N2OS. The third-order valence-electron chi connectivity index (χ3n) is 1.66. The Hall–Kier alpha value is -0.510. The van der Waals surface area contributed by atoms with Crippen molar-refractivity contribution in [2.75, 3.05) is 12.4 Å². The minimum Gasteiger partial charge on any atom is -0.355 e. The van der Waals surface area contributed by atoms with Gasteiger partial charge < -0.3 is 5.32 Å². The maximum absolute atomic E-state index is 11.3. The molecular weight excluding hydrogens is 172 g/mol. The fraction of sp³-hybridized carbons (Fsp3) is 0.750. The molecule has 0 bridgehead atoms. The highest BCUT2D eigenvalue weighted by Crippen LogP contribution is 2.14. The monoisotopic (exact) mass is 186 g/mol. The molecule has 1 amide bonds. The summed E-state index contributed by atoms with van der Waals surface area (Å²) in [6.07, 6.45) is 3.90. The number of thioether (sulfide) groups is 1. The fourth-order valence-electron chi connectivity index (χ4n) is 0.937. The number of rotatable bonds is 4. The summed E-state index contributed by atoms with van der Waals surface area (Å²) in [4.78, 5) is 15.3. The zero-order chi connectivity index (χ0) is 8.81. The van der Waals surface area contributed by atoms with Crippen molar-refractivity contribution in [3.63, 3.8) is 0 Å². The van der Waals surface area contributed by atoms with Crippen LogP contribution in [-0.4, -0.2) is 29.8 Å². The molecule has 1 heterocycles. The lowest BCUT2D eigenvalue weighted by Gasteiger charge is -2.06. The van der Waals surface area contributed by atoms with Gasteiger partial charge in [-0.15, -0.1) is 11.8 Å². The number of hydrogen-bond acceptors (Lipinski definition) is 3. The van der Waals surface area contributed by atoms with E-state index in [2.05, 4.69) is 17.2 Å². The van der Waals surface area contributed by atoms with Crippen LogP contribution in [0, 0.1) is 0 Å². The number of unbranched alkanes of at least 4 members (excludes halogenated alkanes) is 1. The number of nitrogens with one attached hydrogen (secondary N) is 1. The Kier molecular flexibility index (Phi) is 4.14. The van der Waals surface area contributed by atoms with Crippen LogP contribution < -0.4 is 5.32 Å². The summed E-state index contributed by atoms with van der Waals surface area (Å²) in [5.41, 5.74) is 0. The zero-order valence-corrected chi connectivity index (χ0v) is 8.06. The molecule has 1 N–H and O–H groups in total. The van der Waals surface area contributed by atoms with Gasteiger partial charge in [0, 0.05) is 12.8 Å². The molecule has 0 aromatic carbocycles. The van der Waals surface area contributed by atoms with Crippen LogP contribution in [0.4, 0.5) is 0 Å². The van der Waals surface area contributed by atoms with Gasteiger partial charge in [0.1, 0.15) is 5.25 Å². The molecule has 0 radical (unpaired) electrons. The summed E-state index contributed by atoms with van der Waals surface area (Å²) >= 11 is 1.57. The molecule has 0 aliphatic carbocycles. The van der Waals surface area contributed by atoms with Gasteiger partial charge in [-0.2, -0.15) is 0 Å². The Morgan fingerprint density at radius 3 is 3.25 bits per heavy atom. The molecule has 0 aromatic heterocycles. The van der Waals surface area contributed by atoms with Crippen molar-refractivity contribution in [3.05, 3.63) is 0 Å². The molecule has 1 unspecified atom stereocenters. The quantitative estimate of drug-likeness (QED) is 0.667. The SMILES string of the molecule is CCCCNC(=O)C1C=NCS1. The fourth-order valence-corrected chi connectivity index (χ4v) is 1.68. The predicted molar refractivity (Wildman–Crippen MR) is 52.7 cm³/mol. The average Bonchev–Trinajstić information content (AvgIpc) is 2.56. The van der Waals surface area contributed by atoms with Crippen molar-refractivity contribution in [1.29, 1.82) is 0 Å². The first-order valence-electron chi connectivity index (χ1n) is 4.24. The number of aliphatic imine (C=N–C) groups is 1. The van der Waals surface area contributed by atoms with Gasteiger partial charge in [-0.3, -0.25) is 9.79 Å². The molecule has 0 saturated carbocycles. The van der Waals surface area contributed by atoms with E-state index >= 15 is 0 Å². The van der Waals surface area contributed by atoms with Crippen LogP contribution >= 0.6 is 11.8 Å². The number of carbonyl (C=O) groups excluding carboxylic acids is 1. The van der Waals surface area contributed by atoms with Crippen molar-refractivity contribution < 1.29 is 4.79 Å². The molecule has 0 fully saturated rings. The Bertz CT molecular complexity index is 182. The van der Waals surface area contributed by atoms with Crippen LogP contribution in [0.15, 0.2) is 4.99 Å². The van der Waals surface area contributed by atoms with E-state index in [0.717, 1.165) is 25.3 Å². The van der Waals surface area contributed by atoms with Gasteiger partial charge in [0.25, 0.3) is 0 Å². The summed E-state index contributed by atoms with van der Waals surface area (Å²) < 4.78 is 0. The molecule has 0 spiro atoms. The predicted octanol–water partition coefficient (Wildman–Crippen LogP) is 1.05. The number of nitrogens with zero attached hydrogens (tertiary/aromatic N) is 1. The molecule has 4 heteroatoms. The van der Waals surface area contributed by atoms with E-state index in [-0.39, 0.29) is 11.2 Å². The summed E-state index contributed by atoms with van der Waals surface area (Å²) in [5, 5.41) is 2.83. The van der Waals surface area contributed by atoms with Gasteiger partial charge in [-0.25, -0.2) is 0 Å². The van der Waals surface area contributed by atoms with E-state index in [4.69, 9.17) is 0 Å². The molecule has 0 aromatic rings. The second kappa shape index (κ2) is 5.19. The van der Waals surface area contributed by atoms with E-state index in [9.17, 15) is 4.79 Å².